The highest BCUT2D eigenvalue weighted by Crippen LogP contribution is 2.53. The molecule has 4 heterocycles. The average Bonchev–Trinajstić information content (AvgIpc) is 3.09. The Labute approximate surface area is 197 Å². The van der Waals surface area contributed by atoms with Crippen molar-refractivity contribution in [3.63, 3.8) is 0 Å². The van der Waals surface area contributed by atoms with E-state index in [1.54, 1.807) is 29.0 Å². The fraction of sp³-hybridized carbons (Fsp3) is 0.458. The maximum atomic E-state index is 14.1. The molecule has 1 spiro atoms. The highest BCUT2D eigenvalue weighted by Gasteiger charge is 2.71. The van der Waals surface area contributed by atoms with Crippen molar-refractivity contribution in [3.8, 4) is 0 Å². The lowest BCUT2D eigenvalue weighted by molar-refractivity contribution is -0.144. The quantitative estimate of drug-likeness (QED) is 0.668. The Morgan fingerprint density at radius 1 is 1.15 bits per heavy atom. The van der Waals surface area contributed by atoms with Crippen molar-refractivity contribution in [2.24, 2.45) is 11.8 Å². The van der Waals surface area contributed by atoms with Crippen molar-refractivity contribution in [1.82, 2.24) is 9.80 Å². The molecule has 0 bridgehead atoms. The molecular weight excluding hydrogens is 446 g/mol. The lowest BCUT2D eigenvalue weighted by Gasteiger charge is -2.35. The first-order valence-electron chi connectivity index (χ1n) is 11.1. The molecule has 9 heteroatoms. The number of para-hydroxylation sites is 1. The Morgan fingerprint density at radius 3 is 2.67 bits per heavy atom. The minimum absolute atomic E-state index is 0.0305. The third-order valence-corrected chi connectivity index (χ3v) is 7.46. The van der Waals surface area contributed by atoms with Crippen molar-refractivity contribution in [2.45, 2.75) is 24.7 Å². The van der Waals surface area contributed by atoms with Gasteiger partial charge in [0.2, 0.25) is 11.8 Å². The number of carbonyl (C=O) groups excluding carboxylic acids is 3. The molecule has 0 aromatic heterocycles. The SMILES string of the molecule is Cc1cccc(Cl)c1N1CC=C[C@]23O[C@@H]4C=CCN(C)C(=O)[C@@H]4[C@H]2C(=O)N(CCO)C3C1=O. The number of aryl methyl sites for hydroxylation is 1. The number of hydrogen-bond donors (Lipinski definition) is 1. The van der Waals surface area contributed by atoms with Gasteiger partial charge in [0, 0.05) is 26.7 Å². The van der Waals surface area contributed by atoms with Crippen LogP contribution in [0.15, 0.2) is 42.5 Å². The summed E-state index contributed by atoms with van der Waals surface area (Å²) < 4.78 is 6.48. The summed E-state index contributed by atoms with van der Waals surface area (Å²) in [6.45, 7) is 2.21. The number of carbonyl (C=O) groups is 3. The summed E-state index contributed by atoms with van der Waals surface area (Å²) in [6, 6.07) is 4.39. The van der Waals surface area contributed by atoms with Crippen molar-refractivity contribution in [2.75, 3.05) is 38.2 Å². The second-order valence-corrected chi connectivity index (χ2v) is 9.41. The van der Waals surface area contributed by atoms with Crippen LogP contribution in [0.5, 0.6) is 0 Å². The van der Waals surface area contributed by atoms with Crippen LogP contribution in [0.25, 0.3) is 0 Å². The molecule has 2 fully saturated rings. The number of fused-ring (bicyclic) bond motifs is 2. The molecule has 4 aliphatic rings. The Kier molecular flexibility index (Phi) is 5.34. The number of halogens is 1. The fourth-order valence-corrected chi connectivity index (χ4v) is 6.10. The van der Waals surface area contributed by atoms with Gasteiger partial charge in [0.05, 0.1) is 35.3 Å². The summed E-state index contributed by atoms with van der Waals surface area (Å²) in [6.07, 6.45) is 6.65. The van der Waals surface area contributed by atoms with Crippen LogP contribution < -0.4 is 4.90 Å². The Balaban J connectivity index is 1.65. The smallest absolute Gasteiger partial charge is 0.253 e. The average molecular weight is 472 g/mol. The zero-order valence-electron chi connectivity index (χ0n) is 18.5. The summed E-state index contributed by atoms with van der Waals surface area (Å²) in [5, 5.41) is 10.1. The van der Waals surface area contributed by atoms with Gasteiger partial charge in [-0.15, -0.1) is 0 Å². The first kappa shape index (κ1) is 22.1. The van der Waals surface area contributed by atoms with Gasteiger partial charge in [0.1, 0.15) is 11.6 Å². The molecule has 2 saturated heterocycles. The number of likely N-dealkylation sites (N-methyl/N-ethyl adjacent to an activating group) is 1. The lowest BCUT2D eigenvalue weighted by atomic mass is 9.77. The molecule has 174 valence electrons. The number of hydrogen-bond acceptors (Lipinski definition) is 5. The van der Waals surface area contributed by atoms with Crippen molar-refractivity contribution in [3.05, 3.63) is 53.1 Å². The van der Waals surface area contributed by atoms with Crippen LogP contribution in [0, 0.1) is 18.8 Å². The standard InChI is InChI=1S/C24H26ClN3O5/c1-14-6-3-7-15(25)19(14)27-11-5-9-24-18(22(31)28(12-13-29)20(24)23(27)32)17-16(33-24)8-4-10-26(2)21(17)30/h3-9,16-18,20,29H,10-13H2,1-2H3/t16-,17+,18+,20?,24+/m1/s1. The van der Waals surface area contributed by atoms with Gasteiger partial charge in [-0.25, -0.2) is 0 Å². The highest BCUT2D eigenvalue weighted by atomic mass is 35.5. The van der Waals surface area contributed by atoms with E-state index in [0.29, 0.717) is 17.3 Å². The van der Waals surface area contributed by atoms with Crippen LogP contribution in [-0.2, 0) is 19.1 Å². The molecule has 4 aliphatic heterocycles. The van der Waals surface area contributed by atoms with Gasteiger partial charge in [0.25, 0.3) is 5.91 Å². The maximum Gasteiger partial charge on any atom is 0.253 e. The summed E-state index contributed by atoms with van der Waals surface area (Å²) >= 11 is 6.48. The molecule has 5 rings (SSSR count). The molecule has 3 amide bonds. The third kappa shape index (κ3) is 3.08. The van der Waals surface area contributed by atoms with E-state index < -0.39 is 29.6 Å². The second kappa shape index (κ2) is 7.97. The molecule has 0 aliphatic carbocycles. The molecule has 1 aromatic rings. The van der Waals surface area contributed by atoms with Crippen molar-refractivity contribution in [1.29, 1.82) is 0 Å². The molecule has 1 aromatic carbocycles. The number of likely N-dealkylation sites (tertiary alicyclic amines) is 1. The minimum atomic E-state index is -1.30. The van der Waals surface area contributed by atoms with E-state index in [4.69, 9.17) is 16.3 Å². The van der Waals surface area contributed by atoms with Crippen LogP contribution in [0.2, 0.25) is 5.02 Å². The molecule has 0 saturated carbocycles. The number of aliphatic hydroxyl groups excluding tert-OH is 1. The van der Waals surface area contributed by atoms with Gasteiger partial charge in [-0.2, -0.15) is 0 Å². The maximum absolute atomic E-state index is 14.1. The van der Waals surface area contributed by atoms with E-state index in [0.717, 1.165) is 5.56 Å². The minimum Gasteiger partial charge on any atom is -0.395 e. The van der Waals surface area contributed by atoms with E-state index in [1.807, 2.05) is 37.3 Å². The predicted octanol–water partition coefficient (Wildman–Crippen LogP) is 1.15. The van der Waals surface area contributed by atoms with E-state index in [9.17, 15) is 19.5 Å². The monoisotopic (exact) mass is 471 g/mol. The second-order valence-electron chi connectivity index (χ2n) is 9.00. The van der Waals surface area contributed by atoms with Crippen molar-refractivity contribution >= 4 is 35.0 Å². The highest BCUT2D eigenvalue weighted by molar-refractivity contribution is 6.34. The normalized spacial score (nSPS) is 33.2. The number of β-amino-alcohol motifs (C(OH)–C–C–N with tert-alkyl or cyclic N) is 1. The lowest BCUT2D eigenvalue weighted by Crippen LogP contribution is -2.56. The fourth-order valence-electron chi connectivity index (χ4n) is 5.78. The Hall–Kier alpha value is -2.68. The number of amides is 3. The number of ether oxygens (including phenoxy) is 1. The third-order valence-electron chi connectivity index (χ3n) is 7.16. The molecule has 0 radical (unpaired) electrons. The van der Waals surface area contributed by atoms with Gasteiger partial charge in [0.15, 0.2) is 0 Å². The zero-order valence-corrected chi connectivity index (χ0v) is 19.2. The van der Waals surface area contributed by atoms with Crippen LogP contribution in [0.3, 0.4) is 0 Å². The number of nitrogens with zero attached hydrogens (tertiary/aromatic N) is 3. The van der Waals surface area contributed by atoms with E-state index in [1.165, 1.54) is 4.90 Å². The van der Waals surface area contributed by atoms with Crippen LogP contribution in [0.1, 0.15) is 5.56 Å². The predicted molar refractivity (Wildman–Crippen MR) is 122 cm³/mol. The summed E-state index contributed by atoms with van der Waals surface area (Å²) in [7, 11) is 1.69. The molecule has 8 nitrogen and oxygen atoms in total. The van der Waals surface area contributed by atoms with Gasteiger partial charge >= 0.3 is 0 Å². The molecule has 1 N–H and O–H groups in total. The summed E-state index contributed by atoms with van der Waals surface area (Å²) in [4.78, 5) is 45.5. The Morgan fingerprint density at radius 2 is 1.94 bits per heavy atom. The molecule has 33 heavy (non-hydrogen) atoms. The molecule has 1 unspecified atom stereocenters. The first-order chi connectivity index (χ1) is 15.8. The number of aliphatic hydroxyl groups is 1. The molecular formula is C24H26ClN3O5. The van der Waals surface area contributed by atoms with E-state index >= 15 is 0 Å². The topological polar surface area (TPSA) is 90.4 Å². The van der Waals surface area contributed by atoms with Gasteiger partial charge in [-0.05, 0) is 18.6 Å². The zero-order chi connectivity index (χ0) is 23.5. The van der Waals surface area contributed by atoms with Gasteiger partial charge in [-0.3, -0.25) is 14.4 Å². The number of rotatable bonds is 3. The number of anilines is 1. The van der Waals surface area contributed by atoms with Gasteiger partial charge < -0.3 is 24.5 Å². The molecule has 5 atom stereocenters. The van der Waals surface area contributed by atoms with Crippen molar-refractivity contribution < 1.29 is 24.2 Å². The summed E-state index contributed by atoms with van der Waals surface area (Å²) in [5.41, 5.74) is 0.0986. The largest absolute Gasteiger partial charge is 0.395 e. The Bertz CT molecular complexity index is 1070. The van der Waals surface area contributed by atoms with E-state index in [-0.39, 0.29) is 37.4 Å². The van der Waals surface area contributed by atoms with E-state index in [2.05, 4.69) is 0 Å². The van der Waals surface area contributed by atoms with Crippen LogP contribution in [0.4, 0.5) is 5.69 Å². The van der Waals surface area contributed by atoms with Crippen LogP contribution >= 0.6 is 11.6 Å². The first-order valence-corrected chi connectivity index (χ1v) is 11.4. The summed E-state index contributed by atoms with van der Waals surface area (Å²) in [5.74, 6) is -2.48. The van der Waals surface area contributed by atoms with Crippen LogP contribution in [-0.4, -0.2) is 83.7 Å². The van der Waals surface area contributed by atoms with Gasteiger partial charge in [-0.1, -0.05) is 48.0 Å². The number of benzene rings is 1.